The van der Waals surface area contributed by atoms with Gasteiger partial charge in [0.25, 0.3) is 0 Å². The van der Waals surface area contributed by atoms with Gasteiger partial charge in [0.2, 0.25) is 0 Å². The number of para-hydroxylation sites is 1. The Bertz CT molecular complexity index is 406. The summed E-state index contributed by atoms with van der Waals surface area (Å²) in [4.78, 5) is 2.52. The molecule has 0 aliphatic carbocycles. The lowest BCUT2D eigenvalue weighted by atomic mass is 10.1. The Balaban J connectivity index is 2.09. The second-order valence-corrected chi connectivity index (χ2v) is 5.98. The molecule has 1 heterocycles. The summed E-state index contributed by atoms with van der Waals surface area (Å²) in [6.45, 7) is 11.4. The van der Waals surface area contributed by atoms with Crippen molar-refractivity contribution in [2.75, 3.05) is 31.2 Å². The first-order chi connectivity index (χ1) is 9.72. The summed E-state index contributed by atoms with van der Waals surface area (Å²) < 4.78 is 5.62. The average molecular weight is 276 g/mol. The Hall–Kier alpha value is -1.06. The number of morpholine rings is 1. The Morgan fingerprint density at radius 1 is 1.35 bits per heavy atom. The second-order valence-electron chi connectivity index (χ2n) is 5.98. The Labute approximate surface area is 123 Å². The third-order valence-electron chi connectivity index (χ3n) is 3.87. The van der Waals surface area contributed by atoms with E-state index in [0.29, 0.717) is 12.0 Å². The lowest BCUT2D eigenvalue weighted by Crippen LogP contribution is -2.45. The Morgan fingerprint density at radius 2 is 2.15 bits per heavy atom. The molecule has 1 aromatic carbocycles. The highest BCUT2D eigenvalue weighted by Gasteiger charge is 2.23. The topological polar surface area (TPSA) is 24.5 Å². The maximum atomic E-state index is 5.62. The first kappa shape index (κ1) is 15.3. The maximum Gasteiger partial charge on any atom is 0.0670 e. The molecule has 0 spiro atoms. The van der Waals surface area contributed by atoms with E-state index in [1.165, 1.54) is 11.3 Å². The van der Waals surface area contributed by atoms with Crippen molar-refractivity contribution in [3.05, 3.63) is 29.8 Å². The summed E-state index contributed by atoms with van der Waals surface area (Å²) in [5, 5.41) is 3.56. The molecule has 0 aromatic heterocycles. The van der Waals surface area contributed by atoms with Crippen LogP contribution in [0, 0.1) is 5.92 Å². The summed E-state index contributed by atoms with van der Waals surface area (Å²) in [7, 11) is 0. The van der Waals surface area contributed by atoms with Gasteiger partial charge in [0.1, 0.15) is 0 Å². The van der Waals surface area contributed by atoms with Gasteiger partial charge in [0.15, 0.2) is 0 Å². The van der Waals surface area contributed by atoms with Crippen molar-refractivity contribution in [3.8, 4) is 0 Å². The number of nitrogens with zero attached hydrogens (tertiary/aromatic N) is 1. The second kappa shape index (κ2) is 7.65. The van der Waals surface area contributed by atoms with Crippen LogP contribution in [0.3, 0.4) is 0 Å². The van der Waals surface area contributed by atoms with E-state index < -0.39 is 0 Å². The van der Waals surface area contributed by atoms with Crippen LogP contribution in [0.5, 0.6) is 0 Å². The van der Waals surface area contributed by atoms with E-state index in [4.69, 9.17) is 4.74 Å². The smallest absolute Gasteiger partial charge is 0.0670 e. The van der Waals surface area contributed by atoms with Gasteiger partial charge in [0.05, 0.1) is 19.3 Å². The zero-order chi connectivity index (χ0) is 14.4. The van der Waals surface area contributed by atoms with E-state index >= 15 is 0 Å². The largest absolute Gasteiger partial charge is 0.377 e. The maximum absolute atomic E-state index is 5.62. The molecule has 0 saturated carbocycles. The molecular formula is C17H28N2O. The lowest BCUT2D eigenvalue weighted by Gasteiger charge is -2.38. The van der Waals surface area contributed by atoms with Crippen molar-refractivity contribution in [1.82, 2.24) is 5.32 Å². The molecule has 2 rings (SSSR count). The molecular weight excluding hydrogens is 248 g/mol. The number of rotatable bonds is 6. The molecule has 1 aliphatic rings. The molecule has 112 valence electrons. The molecule has 3 nitrogen and oxygen atoms in total. The molecule has 3 heteroatoms. The Morgan fingerprint density at radius 3 is 2.90 bits per heavy atom. The van der Waals surface area contributed by atoms with Crippen molar-refractivity contribution in [3.63, 3.8) is 0 Å². The SMILES string of the molecule is CCC1COCCN1c1ccccc1CNCC(C)C. The van der Waals surface area contributed by atoms with Gasteiger partial charge in [0, 0.05) is 18.8 Å². The normalized spacial score (nSPS) is 19.6. The summed E-state index contributed by atoms with van der Waals surface area (Å²) in [6.07, 6.45) is 1.13. The fourth-order valence-electron chi connectivity index (χ4n) is 2.75. The zero-order valence-corrected chi connectivity index (χ0v) is 13.1. The third kappa shape index (κ3) is 3.97. The molecule has 1 atom stereocenters. The van der Waals surface area contributed by atoms with Gasteiger partial charge in [-0.2, -0.15) is 0 Å². The molecule has 1 N–H and O–H groups in total. The minimum absolute atomic E-state index is 0.509. The Kier molecular flexibility index (Phi) is 5.86. The van der Waals surface area contributed by atoms with Crippen molar-refractivity contribution >= 4 is 5.69 Å². The van der Waals surface area contributed by atoms with Crippen LogP contribution < -0.4 is 10.2 Å². The number of nitrogens with one attached hydrogen (secondary N) is 1. The first-order valence-electron chi connectivity index (χ1n) is 7.85. The summed E-state index contributed by atoms with van der Waals surface area (Å²) in [5.74, 6) is 0.689. The van der Waals surface area contributed by atoms with Crippen LogP contribution in [0.4, 0.5) is 5.69 Å². The summed E-state index contributed by atoms with van der Waals surface area (Å²) in [5.41, 5.74) is 2.77. The van der Waals surface area contributed by atoms with Crippen molar-refractivity contribution in [1.29, 1.82) is 0 Å². The van der Waals surface area contributed by atoms with Crippen molar-refractivity contribution in [2.45, 2.75) is 39.8 Å². The van der Waals surface area contributed by atoms with Crippen LogP contribution in [0.25, 0.3) is 0 Å². The van der Waals surface area contributed by atoms with Gasteiger partial charge in [-0.1, -0.05) is 39.0 Å². The van der Waals surface area contributed by atoms with E-state index in [9.17, 15) is 0 Å². The zero-order valence-electron chi connectivity index (χ0n) is 13.1. The van der Waals surface area contributed by atoms with Gasteiger partial charge in [-0.05, 0) is 30.5 Å². The van der Waals surface area contributed by atoms with Gasteiger partial charge in [-0.15, -0.1) is 0 Å². The highest BCUT2D eigenvalue weighted by Crippen LogP contribution is 2.25. The van der Waals surface area contributed by atoms with Crippen LogP contribution >= 0.6 is 0 Å². The molecule has 1 unspecified atom stereocenters. The molecule has 0 amide bonds. The molecule has 1 fully saturated rings. The summed E-state index contributed by atoms with van der Waals surface area (Å²) >= 11 is 0. The summed E-state index contributed by atoms with van der Waals surface area (Å²) in [6, 6.07) is 9.28. The first-order valence-corrected chi connectivity index (χ1v) is 7.85. The average Bonchev–Trinajstić information content (AvgIpc) is 2.47. The van der Waals surface area contributed by atoms with Crippen LogP contribution in [0.2, 0.25) is 0 Å². The number of benzene rings is 1. The molecule has 1 aromatic rings. The molecule has 0 radical (unpaired) electrons. The van der Waals surface area contributed by atoms with Crippen LogP contribution in [0.15, 0.2) is 24.3 Å². The van der Waals surface area contributed by atoms with Gasteiger partial charge in [-0.3, -0.25) is 0 Å². The monoisotopic (exact) mass is 276 g/mol. The van der Waals surface area contributed by atoms with E-state index in [0.717, 1.165) is 39.3 Å². The quantitative estimate of drug-likeness (QED) is 0.864. The lowest BCUT2D eigenvalue weighted by molar-refractivity contribution is 0.0929. The van der Waals surface area contributed by atoms with Gasteiger partial charge in [-0.25, -0.2) is 0 Å². The standard InChI is InChI=1S/C17H28N2O/c1-4-16-13-20-10-9-19(16)17-8-6-5-7-15(17)12-18-11-14(2)3/h5-8,14,16,18H,4,9-13H2,1-3H3. The molecule has 1 saturated heterocycles. The van der Waals surface area contributed by atoms with E-state index in [1.807, 2.05) is 0 Å². The number of ether oxygens (including phenoxy) is 1. The molecule has 1 aliphatic heterocycles. The molecule has 0 bridgehead atoms. The van der Waals surface area contributed by atoms with Crippen LogP contribution in [0.1, 0.15) is 32.8 Å². The predicted octanol–water partition coefficient (Wildman–Crippen LogP) is 3.05. The fraction of sp³-hybridized carbons (Fsp3) is 0.647. The fourth-order valence-corrected chi connectivity index (χ4v) is 2.75. The van der Waals surface area contributed by atoms with Crippen LogP contribution in [-0.2, 0) is 11.3 Å². The van der Waals surface area contributed by atoms with E-state index in [2.05, 4.69) is 55.3 Å². The van der Waals surface area contributed by atoms with Gasteiger partial charge >= 0.3 is 0 Å². The van der Waals surface area contributed by atoms with Crippen LogP contribution in [-0.4, -0.2) is 32.3 Å². The predicted molar refractivity (Wildman–Crippen MR) is 85.2 cm³/mol. The number of hydrogen-bond donors (Lipinski definition) is 1. The third-order valence-corrected chi connectivity index (χ3v) is 3.87. The number of hydrogen-bond acceptors (Lipinski definition) is 3. The number of anilines is 1. The van der Waals surface area contributed by atoms with Crippen molar-refractivity contribution in [2.24, 2.45) is 5.92 Å². The highest BCUT2D eigenvalue weighted by atomic mass is 16.5. The molecule has 20 heavy (non-hydrogen) atoms. The minimum atomic E-state index is 0.509. The highest BCUT2D eigenvalue weighted by molar-refractivity contribution is 5.54. The van der Waals surface area contributed by atoms with E-state index in [-0.39, 0.29) is 0 Å². The van der Waals surface area contributed by atoms with Crippen molar-refractivity contribution < 1.29 is 4.74 Å². The van der Waals surface area contributed by atoms with E-state index in [1.54, 1.807) is 0 Å². The van der Waals surface area contributed by atoms with Gasteiger partial charge < -0.3 is 15.0 Å². The minimum Gasteiger partial charge on any atom is -0.377 e.